The smallest absolute Gasteiger partial charge is 0.262 e. The highest BCUT2D eigenvalue weighted by molar-refractivity contribution is 9.10. The topological polar surface area (TPSA) is 58.6 Å². The van der Waals surface area contributed by atoms with Crippen LogP contribution in [0.5, 0.6) is 5.75 Å². The largest absolute Gasteiger partial charge is 0.483 e. The summed E-state index contributed by atoms with van der Waals surface area (Å²) in [7, 11) is 1.69. The summed E-state index contributed by atoms with van der Waals surface area (Å²) in [6.45, 7) is 1.36. The van der Waals surface area contributed by atoms with Gasteiger partial charge < -0.3 is 15.0 Å². The molecule has 5 nitrogen and oxygen atoms in total. The van der Waals surface area contributed by atoms with Crippen LogP contribution in [0.3, 0.4) is 0 Å². The molecule has 0 fully saturated rings. The van der Waals surface area contributed by atoms with E-state index in [0.717, 1.165) is 5.69 Å². The Hall–Kier alpha value is -2.05. The third-order valence-electron chi connectivity index (χ3n) is 3.26. The van der Waals surface area contributed by atoms with Crippen LogP contribution in [0.25, 0.3) is 0 Å². The van der Waals surface area contributed by atoms with Crippen LogP contribution in [0.1, 0.15) is 6.92 Å². The number of carbonyl (C=O) groups is 2. The second-order valence-corrected chi connectivity index (χ2v) is 6.33. The van der Waals surface area contributed by atoms with Crippen LogP contribution in [0.4, 0.5) is 11.4 Å². The number of ether oxygens (including phenoxy) is 1. The number of nitrogens with one attached hydrogen (secondary N) is 1. The first kappa shape index (κ1) is 18.3. The van der Waals surface area contributed by atoms with Crippen molar-refractivity contribution in [1.29, 1.82) is 0 Å². The standard InChI is InChI=1S/C17H16BrClN2O3/c1-11(22)21(2)14-6-4-13(5-7-14)20-17(23)10-24-16-8-3-12(19)9-15(16)18/h3-9H,10H2,1-2H3,(H,20,23). The van der Waals surface area contributed by atoms with E-state index in [9.17, 15) is 9.59 Å². The zero-order chi connectivity index (χ0) is 17.7. The number of carbonyl (C=O) groups excluding carboxylic acids is 2. The van der Waals surface area contributed by atoms with E-state index in [1.54, 1.807) is 49.5 Å². The van der Waals surface area contributed by atoms with E-state index in [1.807, 2.05) is 0 Å². The molecule has 2 amide bonds. The Kier molecular flexibility index (Phi) is 6.23. The Morgan fingerprint density at radius 1 is 1.21 bits per heavy atom. The lowest BCUT2D eigenvalue weighted by Gasteiger charge is -2.15. The van der Waals surface area contributed by atoms with Crippen LogP contribution in [0.15, 0.2) is 46.9 Å². The molecule has 2 rings (SSSR count). The molecule has 0 atom stereocenters. The number of hydrogen-bond donors (Lipinski definition) is 1. The highest BCUT2D eigenvalue weighted by Gasteiger charge is 2.08. The zero-order valence-electron chi connectivity index (χ0n) is 13.2. The van der Waals surface area contributed by atoms with Gasteiger partial charge in [0, 0.05) is 30.4 Å². The van der Waals surface area contributed by atoms with Gasteiger partial charge in [0.05, 0.1) is 4.47 Å². The molecule has 2 aromatic rings. The number of hydrogen-bond acceptors (Lipinski definition) is 3. The fourth-order valence-corrected chi connectivity index (χ4v) is 2.68. The number of benzene rings is 2. The fraction of sp³-hybridized carbons (Fsp3) is 0.176. The Bertz CT molecular complexity index is 750. The van der Waals surface area contributed by atoms with Gasteiger partial charge in [-0.05, 0) is 58.4 Å². The van der Waals surface area contributed by atoms with Crippen molar-refractivity contribution in [1.82, 2.24) is 0 Å². The van der Waals surface area contributed by atoms with E-state index < -0.39 is 0 Å². The lowest BCUT2D eigenvalue weighted by molar-refractivity contribution is -0.118. The van der Waals surface area contributed by atoms with Gasteiger partial charge >= 0.3 is 0 Å². The average Bonchev–Trinajstić information content (AvgIpc) is 2.54. The minimum absolute atomic E-state index is 0.0614. The van der Waals surface area contributed by atoms with Crippen LogP contribution < -0.4 is 15.0 Å². The van der Waals surface area contributed by atoms with Crippen LogP contribution in [0, 0.1) is 0 Å². The molecule has 1 N–H and O–H groups in total. The molecule has 0 saturated carbocycles. The molecule has 0 spiro atoms. The maximum Gasteiger partial charge on any atom is 0.262 e. The summed E-state index contributed by atoms with van der Waals surface area (Å²) in [5.41, 5.74) is 1.38. The van der Waals surface area contributed by atoms with Gasteiger partial charge in [-0.3, -0.25) is 9.59 Å². The average molecular weight is 412 g/mol. The zero-order valence-corrected chi connectivity index (χ0v) is 15.5. The molecule has 0 radical (unpaired) electrons. The minimum Gasteiger partial charge on any atom is -0.483 e. The van der Waals surface area contributed by atoms with Crippen LogP contribution in [-0.4, -0.2) is 25.5 Å². The molecule has 2 aromatic carbocycles. The summed E-state index contributed by atoms with van der Waals surface area (Å²) in [4.78, 5) is 24.8. The van der Waals surface area contributed by atoms with Crippen molar-refractivity contribution in [2.24, 2.45) is 0 Å². The van der Waals surface area contributed by atoms with E-state index in [2.05, 4.69) is 21.2 Å². The quantitative estimate of drug-likeness (QED) is 0.806. The van der Waals surface area contributed by atoms with Crippen LogP contribution in [-0.2, 0) is 9.59 Å². The summed E-state index contributed by atoms with van der Waals surface area (Å²) >= 11 is 9.18. The third kappa shape index (κ3) is 4.97. The van der Waals surface area contributed by atoms with Crippen molar-refractivity contribution in [3.8, 4) is 5.75 Å². The molecule has 0 aliphatic rings. The molecule has 0 aliphatic carbocycles. The molecule has 0 aromatic heterocycles. The first-order chi connectivity index (χ1) is 11.4. The van der Waals surface area contributed by atoms with Crippen molar-refractivity contribution in [3.05, 3.63) is 52.0 Å². The van der Waals surface area contributed by atoms with Crippen molar-refractivity contribution < 1.29 is 14.3 Å². The molecule has 0 heterocycles. The highest BCUT2D eigenvalue weighted by Crippen LogP contribution is 2.28. The molecule has 126 valence electrons. The first-order valence-corrected chi connectivity index (χ1v) is 8.26. The Balaban J connectivity index is 1.91. The Labute approximate surface area is 153 Å². The van der Waals surface area contributed by atoms with Crippen molar-refractivity contribution in [3.63, 3.8) is 0 Å². The second-order valence-electron chi connectivity index (χ2n) is 5.04. The lowest BCUT2D eigenvalue weighted by atomic mass is 10.2. The summed E-state index contributed by atoms with van der Waals surface area (Å²) in [5, 5.41) is 3.31. The van der Waals surface area contributed by atoms with Gasteiger partial charge in [-0.1, -0.05) is 11.6 Å². The number of halogens is 2. The summed E-state index contributed by atoms with van der Waals surface area (Å²) in [6, 6.07) is 12.0. The predicted molar refractivity (Wildman–Crippen MR) is 98.8 cm³/mol. The SMILES string of the molecule is CC(=O)N(C)c1ccc(NC(=O)COc2ccc(Cl)cc2Br)cc1. The van der Waals surface area contributed by atoms with Crippen molar-refractivity contribution in [2.45, 2.75) is 6.92 Å². The third-order valence-corrected chi connectivity index (χ3v) is 4.12. The summed E-state index contributed by atoms with van der Waals surface area (Å²) < 4.78 is 6.13. The normalized spacial score (nSPS) is 10.2. The Morgan fingerprint density at radius 3 is 2.46 bits per heavy atom. The predicted octanol–water partition coefficient (Wildman–Crippen LogP) is 4.10. The van der Waals surface area contributed by atoms with E-state index in [4.69, 9.17) is 16.3 Å². The minimum atomic E-state index is -0.287. The van der Waals surface area contributed by atoms with Crippen LogP contribution in [0.2, 0.25) is 5.02 Å². The second kappa shape index (κ2) is 8.17. The van der Waals surface area contributed by atoms with Gasteiger partial charge in [-0.2, -0.15) is 0 Å². The molecule has 7 heteroatoms. The number of amides is 2. The lowest BCUT2D eigenvalue weighted by Crippen LogP contribution is -2.23. The molecule has 0 unspecified atom stereocenters. The van der Waals surface area contributed by atoms with E-state index in [0.29, 0.717) is 20.9 Å². The maximum absolute atomic E-state index is 11.9. The van der Waals surface area contributed by atoms with E-state index in [-0.39, 0.29) is 18.4 Å². The highest BCUT2D eigenvalue weighted by atomic mass is 79.9. The van der Waals surface area contributed by atoms with Crippen LogP contribution >= 0.6 is 27.5 Å². The number of anilines is 2. The molecule has 0 saturated heterocycles. The first-order valence-electron chi connectivity index (χ1n) is 7.09. The monoisotopic (exact) mass is 410 g/mol. The molecule has 0 bridgehead atoms. The Morgan fingerprint density at radius 2 is 1.88 bits per heavy atom. The molecular formula is C17H16BrClN2O3. The number of nitrogens with zero attached hydrogens (tertiary/aromatic N) is 1. The van der Waals surface area contributed by atoms with E-state index in [1.165, 1.54) is 11.8 Å². The summed E-state index contributed by atoms with van der Waals surface area (Å²) in [6.07, 6.45) is 0. The van der Waals surface area contributed by atoms with Crippen molar-refractivity contribution >= 4 is 50.7 Å². The molecule has 24 heavy (non-hydrogen) atoms. The van der Waals surface area contributed by atoms with Gasteiger partial charge in [-0.25, -0.2) is 0 Å². The maximum atomic E-state index is 11.9. The van der Waals surface area contributed by atoms with Gasteiger partial charge in [0.15, 0.2) is 6.61 Å². The van der Waals surface area contributed by atoms with Gasteiger partial charge in [0.1, 0.15) is 5.75 Å². The van der Waals surface area contributed by atoms with Crippen molar-refractivity contribution in [2.75, 3.05) is 23.9 Å². The van der Waals surface area contributed by atoms with Gasteiger partial charge in [0.25, 0.3) is 5.91 Å². The summed E-state index contributed by atoms with van der Waals surface area (Å²) in [5.74, 6) is 0.186. The van der Waals surface area contributed by atoms with Gasteiger partial charge in [-0.15, -0.1) is 0 Å². The molecule has 0 aliphatic heterocycles. The van der Waals surface area contributed by atoms with E-state index >= 15 is 0 Å². The van der Waals surface area contributed by atoms with Gasteiger partial charge in [0.2, 0.25) is 5.91 Å². The molecular weight excluding hydrogens is 396 g/mol. The number of rotatable bonds is 5. The fourth-order valence-electron chi connectivity index (χ4n) is 1.88.